The van der Waals surface area contributed by atoms with Gasteiger partial charge in [0.15, 0.2) is 11.2 Å². The first-order chi connectivity index (χ1) is 13.0. The van der Waals surface area contributed by atoms with Gasteiger partial charge in [0, 0.05) is 12.1 Å². The minimum Gasteiger partial charge on any atom is -0.357 e. The van der Waals surface area contributed by atoms with Gasteiger partial charge < -0.3 is 4.90 Å². The summed E-state index contributed by atoms with van der Waals surface area (Å²) >= 11 is 0. The highest BCUT2D eigenvalue weighted by atomic mass is 19.1. The fourth-order valence-electron chi connectivity index (χ4n) is 4.50. The fourth-order valence-corrected chi connectivity index (χ4v) is 4.50. The summed E-state index contributed by atoms with van der Waals surface area (Å²) in [6.45, 7) is 1.47. The zero-order valence-electron chi connectivity index (χ0n) is 14.6. The Morgan fingerprint density at radius 1 is 1.11 bits per heavy atom. The monoisotopic (exact) mass is 357 g/mol. The van der Waals surface area contributed by atoms with Crippen molar-refractivity contribution in [3.8, 4) is 12.1 Å². The van der Waals surface area contributed by atoms with E-state index in [1.807, 2.05) is 35.2 Å². The first-order valence-electron chi connectivity index (χ1n) is 8.66. The van der Waals surface area contributed by atoms with Gasteiger partial charge in [0.1, 0.15) is 5.82 Å². The van der Waals surface area contributed by atoms with E-state index >= 15 is 0 Å². The van der Waals surface area contributed by atoms with Gasteiger partial charge in [-0.3, -0.25) is 4.79 Å². The average Bonchev–Trinajstić information content (AvgIpc) is 3.00. The van der Waals surface area contributed by atoms with Gasteiger partial charge in [-0.05, 0) is 41.8 Å². The molecule has 5 heteroatoms. The van der Waals surface area contributed by atoms with Crippen LogP contribution >= 0.6 is 0 Å². The summed E-state index contributed by atoms with van der Waals surface area (Å²) in [6.07, 6.45) is 3.69. The van der Waals surface area contributed by atoms with Crippen molar-refractivity contribution in [2.75, 3.05) is 0 Å². The van der Waals surface area contributed by atoms with Crippen molar-refractivity contribution in [1.29, 1.82) is 10.5 Å². The summed E-state index contributed by atoms with van der Waals surface area (Å²) in [7, 11) is 0. The molecule has 0 spiro atoms. The molecule has 1 fully saturated rings. The zero-order valence-corrected chi connectivity index (χ0v) is 14.6. The molecular formula is C22H16FN3O. The number of Topliss-reactive ketones (excluding diaryl/α,β-unsaturated/α-hetero) is 1. The molecule has 1 saturated heterocycles. The Bertz CT molecular complexity index is 1010. The number of nitrogens with zero attached hydrogens (tertiary/aromatic N) is 3. The number of nitriles is 2. The van der Waals surface area contributed by atoms with Crippen molar-refractivity contribution in [1.82, 2.24) is 4.90 Å². The summed E-state index contributed by atoms with van der Waals surface area (Å²) in [6, 6.07) is 16.5. The molecule has 0 amide bonds. The van der Waals surface area contributed by atoms with Gasteiger partial charge in [0.2, 0.25) is 0 Å². The molecule has 0 N–H and O–H groups in total. The van der Waals surface area contributed by atoms with Crippen LogP contribution in [0.4, 0.5) is 4.39 Å². The molecule has 2 aromatic rings. The summed E-state index contributed by atoms with van der Waals surface area (Å²) in [4.78, 5) is 14.4. The van der Waals surface area contributed by atoms with E-state index in [2.05, 4.69) is 12.1 Å². The molecule has 0 aliphatic carbocycles. The second-order valence-corrected chi connectivity index (χ2v) is 6.97. The van der Waals surface area contributed by atoms with Crippen LogP contribution in [0.1, 0.15) is 35.6 Å². The Morgan fingerprint density at radius 3 is 2.41 bits per heavy atom. The smallest absolute Gasteiger partial charge is 0.177 e. The lowest BCUT2D eigenvalue weighted by Gasteiger charge is -2.34. The largest absolute Gasteiger partial charge is 0.357 e. The lowest BCUT2D eigenvalue weighted by molar-refractivity contribution is -0.121. The minimum absolute atomic E-state index is 0.134. The van der Waals surface area contributed by atoms with E-state index in [1.54, 1.807) is 18.3 Å². The highest BCUT2D eigenvalue weighted by molar-refractivity contribution is 5.85. The number of rotatable bonds is 2. The predicted octanol–water partition coefficient (Wildman–Crippen LogP) is 3.94. The Labute approximate surface area is 156 Å². The highest BCUT2D eigenvalue weighted by Gasteiger charge is 2.63. The van der Waals surface area contributed by atoms with Crippen molar-refractivity contribution < 1.29 is 9.18 Å². The molecule has 0 radical (unpaired) electrons. The lowest BCUT2D eigenvalue weighted by Crippen LogP contribution is -2.36. The van der Waals surface area contributed by atoms with Crippen molar-refractivity contribution in [2.24, 2.45) is 5.41 Å². The maximum absolute atomic E-state index is 13.5. The van der Waals surface area contributed by atoms with E-state index in [0.717, 1.165) is 11.1 Å². The molecule has 2 aliphatic heterocycles. The van der Waals surface area contributed by atoms with Crippen molar-refractivity contribution in [3.63, 3.8) is 0 Å². The van der Waals surface area contributed by atoms with Crippen LogP contribution in [0.3, 0.4) is 0 Å². The molecule has 0 aromatic heterocycles. The van der Waals surface area contributed by atoms with Gasteiger partial charge in [-0.2, -0.15) is 10.5 Å². The summed E-state index contributed by atoms with van der Waals surface area (Å²) in [5.41, 5.74) is 0.907. The first kappa shape index (κ1) is 17.0. The van der Waals surface area contributed by atoms with Gasteiger partial charge in [-0.1, -0.05) is 36.4 Å². The standard InChI is InChI=1S/C22H16FN3O/c1-14(27)20-19(16-6-8-17(23)9-7-16)22(12-24,13-25)21-18-5-3-2-4-15(18)10-11-26(20)21/h2-11,19-21H,1H3/t19-,20-,21+/m1/s1. The first-order valence-corrected chi connectivity index (χ1v) is 8.66. The van der Waals surface area contributed by atoms with Gasteiger partial charge >= 0.3 is 0 Å². The normalized spacial score (nSPS) is 24.4. The number of benzene rings is 2. The molecule has 4 rings (SSSR count). The van der Waals surface area contributed by atoms with Crippen LogP contribution < -0.4 is 0 Å². The Hall–Kier alpha value is -3.44. The van der Waals surface area contributed by atoms with Gasteiger partial charge in [0.25, 0.3) is 0 Å². The SMILES string of the molecule is CC(=O)[C@@H]1[C@@H](c2ccc(F)cc2)C(C#N)(C#N)[C@@H]2c3ccccc3C=CN12. The maximum Gasteiger partial charge on any atom is 0.177 e. The fraction of sp³-hybridized carbons (Fsp3) is 0.227. The molecule has 2 aliphatic rings. The van der Waals surface area contributed by atoms with Crippen LogP contribution in [-0.2, 0) is 4.79 Å². The minimum atomic E-state index is -1.48. The van der Waals surface area contributed by atoms with Gasteiger partial charge in [-0.25, -0.2) is 4.39 Å². The Kier molecular flexibility index (Phi) is 3.82. The second-order valence-electron chi connectivity index (χ2n) is 6.97. The van der Waals surface area contributed by atoms with E-state index in [-0.39, 0.29) is 5.78 Å². The molecule has 2 heterocycles. The lowest BCUT2D eigenvalue weighted by atomic mass is 9.68. The Morgan fingerprint density at radius 2 is 1.78 bits per heavy atom. The van der Waals surface area contributed by atoms with E-state index < -0.39 is 29.2 Å². The summed E-state index contributed by atoms with van der Waals surface area (Å²) in [5, 5.41) is 20.3. The van der Waals surface area contributed by atoms with E-state index in [9.17, 15) is 19.7 Å². The molecular weight excluding hydrogens is 341 g/mol. The number of hydrogen-bond acceptors (Lipinski definition) is 4. The molecule has 0 unspecified atom stereocenters. The third kappa shape index (κ3) is 2.29. The molecule has 2 aromatic carbocycles. The van der Waals surface area contributed by atoms with Crippen molar-refractivity contribution in [2.45, 2.75) is 24.9 Å². The number of carbonyl (C=O) groups excluding carboxylic acids is 1. The quantitative estimate of drug-likeness (QED) is 0.816. The number of carbonyl (C=O) groups is 1. The number of hydrogen-bond donors (Lipinski definition) is 0. The number of halogens is 1. The van der Waals surface area contributed by atoms with Crippen LogP contribution in [0, 0.1) is 33.9 Å². The summed E-state index contributed by atoms with van der Waals surface area (Å²) in [5.74, 6) is -1.23. The van der Waals surface area contributed by atoms with Crippen LogP contribution in [0.2, 0.25) is 0 Å². The number of fused-ring (bicyclic) bond motifs is 3. The molecule has 3 atom stereocenters. The third-order valence-corrected chi connectivity index (χ3v) is 5.59. The van der Waals surface area contributed by atoms with Crippen molar-refractivity contribution in [3.05, 3.63) is 77.2 Å². The zero-order chi connectivity index (χ0) is 19.2. The second kappa shape index (κ2) is 6.07. The van der Waals surface area contributed by atoms with E-state index in [4.69, 9.17) is 0 Å². The topological polar surface area (TPSA) is 67.9 Å². The molecule has 0 saturated carbocycles. The number of ketones is 1. The molecule has 0 bridgehead atoms. The molecule has 4 nitrogen and oxygen atoms in total. The van der Waals surface area contributed by atoms with Gasteiger partial charge in [-0.15, -0.1) is 0 Å². The van der Waals surface area contributed by atoms with Crippen molar-refractivity contribution >= 4 is 11.9 Å². The van der Waals surface area contributed by atoms with Crippen LogP contribution in [-0.4, -0.2) is 16.7 Å². The maximum atomic E-state index is 13.5. The van der Waals surface area contributed by atoms with Crippen LogP contribution in [0.25, 0.3) is 6.08 Å². The molecule has 27 heavy (non-hydrogen) atoms. The molecule has 132 valence electrons. The summed E-state index contributed by atoms with van der Waals surface area (Å²) < 4.78 is 13.5. The predicted molar refractivity (Wildman–Crippen MR) is 97.3 cm³/mol. The van der Waals surface area contributed by atoms with E-state index in [1.165, 1.54) is 19.1 Å². The van der Waals surface area contributed by atoms with Gasteiger partial charge in [0.05, 0.1) is 24.2 Å². The van der Waals surface area contributed by atoms with Crippen LogP contribution in [0.15, 0.2) is 54.7 Å². The van der Waals surface area contributed by atoms with Crippen LogP contribution in [0.5, 0.6) is 0 Å². The van der Waals surface area contributed by atoms with E-state index in [0.29, 0.717) is 5.56 Å². The highest BCUT2D eigenvalue weighted by Crippen LogP contribution is 2.59. The third-order valence-electron chi connectivity index (χ3n) is 5.59. The Balaban J connectivity index is 2.00. The average molecular weight is 357 g/mol.